The van der Waals surface area contributed by atoms with Crippen molar-refractivity contribution in [2.24, 2.45) is 0 Å². The Bertz CT molecular complexity index is 327. The van der Waals surface area contributed by atoms with Gasteiger partial charge in [-0.25, -0.2) is 4.79 Å². The molecule has 1 atom stereocenters. The maximum absolute atomic E-state index is 10.6. The fourth-order valence-corrected chi connectivity index (χ4v) is 1.40. The zero-order valence-corrected chi connectivity index (χ0v) is 7.53. The predicted octanol–water partition coefficient (Wildman–Crippen LogP) is 0.639. The third-order valence-corrected chi connectivity index (χ3v) is 2.10. The molecular formula is C9H11NO4. The molecule has 0 bridgehead atoms. The number of nitrogens with one attached hydrogen (secondary N) is 1. The Kier molecular flexibility index (Phi) is 2.51. The molecule has 1 saturated heterocycles. The van der Waals surface area contributed by atoms with Crippen molar-refractivity contribution in [1.82, 2.24) is 5.32 Å². The van der Waals surface area contributed by atoms with Crippen LogP contribution in [0.4, 0.5) is 0 Å². The van der Waals surface area contributed by atoms with Crippen LogP contribution in [0.3, 0.4) is 0 Å². The quantitative estimate of drug-likeness (QED) is 0.727. The summed E-state index contributed by atoms with van der Waals surface area (Å²) in [5.74, 6) is -0.470. The molecule has 0 unspecified atom stereocenters. The average molecular weight is 197 g/mol. The lowest BCUT2D eigenvalue weighted by Crippen LogP contribution is -2.34. The highest BCUT2D eigenvalue weighted by molar-refractivity contribution is 5.84. The number of rotatable bonds is 2. The van der Waals surface area contributed by atoms with Crippen molar-refractivity contribution in [3.63, 3.8) is 0 Å². The lowest BCUT2D eigenvalue weighted by molar-refractivity contribution is 0.0616. The van der Waals surface area contributed by atoms with E-state index in [9.17, 15) is 4.79 Å². The number of ether oxygens (including phenoxy) is 1. The van der Waals surface area contributed by atoms with Gasteiger partial charge in [-0.1, -0.05) is 0 Å². The molecule has 2 N–H and O–H groups in total. The van der Waals surface area contributed by atoms with Gasteiger partial charge in [0.2, 0.25) is 5.76 Å². The van der Waals surface area contributed by atoms with E-state index in [4.69, 9.17) is 14.3 Å². The lowest BCUT2D eigenvalue weighted by Gasteiger charge is -2.21. The fraction of sp³-hybridized carbons (Fsp3) is 0.444. The van der Waals surface area contributed by atoms with Gasteiger partial charge in [-0.2, -0.15) is 0 Å². The van der Waals surface area contributed by atoms with Gasteiger partial charge in [0.15, 0.2) is 0 Å². The normalized spacial score (nSPS) is 22.1. The van der Waals surface area contributed by atoms with E-state index >= 15 is 0 Å². The fourth-order valence-electron chi connectivity index (χ4n) is 1.40. The van der Waals surface area contributed by atoms with E-state index in [1.807, 2.05) is 0 Å². The second-order valence-electron chi connectivity index (χ2n) is 3.09. The molecule has 76 valence electrons. The first-order valence-electron chi connectivity index (χ1n) is 4.41. The van der Waals surface area contributed by atoms with Crippen molar-refractivity contribution in [2.75, 3.05) is 19.8 Å². The second kappa shape index (κ2) is 3.81. The minimum absolute atomic E-state index is 0.0307. The van der Waals surface area contributed by atoms with Crippen LogP contribution in [0.2, 0.25) is 0 Å². The van der Waals surface area contributed by atoms with Gasteiger partial charge in [0.25, 0.3) is 0 Å². The number of morpholine rings is 1. The summed E-state index contributed by atoms with van der Waals surface area (Å²) in [6.45, 7) is 1.96. The van der Waals surface area contributed by atoms with Gasteiger partial charge in [-0.3, -0.25) is 0 Å². The van der Waals surface area contributed by atoms with Gasteiger partial charge >= 0.3 is 5.97 Å². The minimum Gasteiger partial charge on any atom is -0.475 e. The van der Waals surface area contributed by atoms with Crippen LogP contribution in [0.15, 0.2) is 16.5 Å². The zero-order chi connectivity index (χ0) is 9.97. The molecule has 2 heterocycles. The van der Waals surface area contributed by atoms with Crippen molar-refractivity contribution in [3.8, 4) is 0 Å². The zero-order valence-electron chi connectivity index (χ0n) is 7.53. The molecule has 0 amide bonds. The number of furan rings is 1. The van der Waals surface area contributed by atoms with Crippen LogP contribution in [0.1, 0.15) is 22.4 Å². The summed E-state index contributed by atoms with van der Waals surface area (Å²) in [6, 6.07) is 3.08. The maximum Gasteiger partial charge on any atom is 0.371 e. The summed E-state index contributed by atoms with van der Waals surface area (Å²) in [5.41, 5.74) is 0. The third kappa shape index (κ3) is 1.78. The summed E-state index contributed by atoms with van der Waals surface area (Å²) < 4.78 is 10.4. The molecular weight excluding hydrogens is 186 g/mol. The second-order valence-corrected chi connectivity index (χ2v) is 3.09. The highest BCUT2D eigenvalue weighted by Gasteiger charge is 2.19. The summed E-state index contributed by atoms with van der Waals surface area (Å²) in [5, 5.41) is 11.8. The first-order valence-corrected chi connectivity index (χ1v) is 4.41. The molecule has 2 rings (SSSR count). The van der Waals surface area contributed by atoms with Crippen LogP contribution >= 0.6 is 0 Å². The van der Waals surface area contributed by atoms with Crippen molar-refractivity contribution >= 4 is 5.97 Å². The number of hydrogen-bond acceptors (Lipinski definition) is 4. The van der Waals surface area contributed by atoms with Crippen LogP contribution in [-0.4, -0.2) is 30.8 Å². The Labute approximate surface area is 80.7 Å². The standard InChI is InChI=1S/C9H11NO4/c11-9(12)8-2-1-7(14-8)6-5-13-4-3-10-6/h1-2,6,10H,3-5H2,(H,11,12)/t6-/m1/s1. The first-order chi connectivity index (χ1) is 6.77. The Morgan fingerprint density at radius 2 is 2.43 bits per heavy atom. The smallest absolute Gasteiger partial charge is 0.371 e. The van der Waals surface area contributed by atoms with Crippen molar-refractivity contribution in [3.05, 3.63) is 23.7 Å². The Hall–Kier alpha value is -1.33. The molecule has 5 nitrogen and oxygen atoms in total. The van der Waals surface area contributed by atoms with E-state index in [0.29, 0.717) is 19.0 Å². The third-order valence-electron chi connectivity index (χ3n) is 2.10. The van der Waals surface area contributed by atoms with Crippen LogP contribution in [-0.2, 0) is 4.74 Å². The van der Waals surface area contributed by atoms with E-state index in [1.54, 1.807) is 6.07 Å². The van der Waals surface area contributed by atoms with E-state index in [2.05, 4.69) is 5.32 Å². The molecule has 1 aliphatic heterocycles. The van der Waals surface area contributed by atoms with Crippen LogP contribution in [0.5, 0.6) is 0 Å². The molecule has 0 spiro atoms. The molecule has 0 aliphatic carbocycles. The number of carbonyl (C=O) groups is 1. The average Bonchev–Trinajstić information content (AvgIpc) is 2.68. The SMILES string of the molecule is O=C(O)c1ccc([C@H]2COCCN2)o1. The van der Waals surface area contributed by atoms with Gasteiger partial charge in [-0.05, 0) is 12.1 Å². The van der Waals surface area contributed by atoms with Gasteiger partial charge < -0.3 is 19.6 Å². The van der Waals surface area contributed by atoms with E-state index < -0.39 is 5.97 Å². The topological polar surface area (TPSA) is 71.7 Å². The molecule has 0 saturated carbocycles. The first kappa shape index (κ1) is 9.23. The van der Waals surface area contributed by atoms with E-state index in [0.717, 1.165) is 6.54 Å². The van der Waals surface area contributed by atoms with Crippen molar-refractivity contribution in [1.29, 1.82) is 0 Å². The van der Waals surface area contributed by atoms with Crippen LogP contribution < -0.4 is 5.32 Å². The summed E-state index contributed by atoms with van der Waals surface area (Å²) >= 11 is 0. The van der Waals surface area contributed by atoms with Gasteiger partial charge in [0, 0.05) is 6.54 Å². The largest absolute Gasteiger partial charge is 0.475 e. The summed E-state index contributed by atoms with van der Waals surface area (Å²) in [4.78, 5) is 10.6. The molecule has 0 aromatic carbocycles. The molecule has 0 radical (unpaired) electrons. The number of carboxylic acid groups (broad SMARTS) is 1. The van der Waals surface area contributed by atoms with Gasteiger partial charge in [0.1, 0.15) is 5.76 Å². The van der Waals surface area contributed by atoms with Gasteiger partial charge in [0.05, 0.1) is 19.3 Å². The molecule has 14 heavy (non-hydrogen) atoms. The van der Waals surface area contributed by atoms with Crippen LogP contribution in [0.25, 0.3) is 0 Å². The molecule has 1 aromatic rings. The van der Waals surface area contributed by atoms with Gasteiger partial charge in [-0.15, -0.1) is 0 Å². The number of aromatic carboxylic acids is 1. The number of carboxylic acids is 1. The van der Waals surface area contributed by atoms with E-state index in [-0.39, 0.29) is 11.8 Å². The highest BCUT2D eigenvalue weighted by atomic mass is 16.5. The number of hydrogen-bond donors (Lipinski definition) is 2. The highest BCUT2D eigenvalue weighted by Crippen LogP contribution is 2.18. The maximum atomic E-state index is 10.6. The molecule has 5 heteroatoms. The molecule has 1 fully saturated rings. The lowest BCUT2D eigenvalue weighted by atomic mass is 10.2. The Morgan fingerprint density at radius 1 is 1.57 bits per heavy atom. The van der Waals surface area contributed by atoms with Crippen LogP contribution in [0, 0.1) is 0 Å². The monoisotopic (exact) mass is 197 g/mol. The minimum atomic E-state index is -1.05. The molecule has 1 aliphatic rings. The van der Waals surface area contributed by atoms with E-state index in [1.165, 1.54) is 6.07 Å². The predicted molar refractivity (Wildman–Crippen MR) is 47.2 cm³/mol. The van der Waals surface area contributed by atoms with Crippen molar-refractivity contribution < 1.29 is 19.1 Å². The molecule has 1 aromatic heterocycles. The summed E-state index contributed by atoms with van der Waals surface area (Å²) in [6.07, 6.45) is 0. The Morgan fingerprint density at radius 3 is 3.00 bits per heavy atom. The van der Waals surface area contributed by atoms with Crippen molar-refractivity contribution in [2.45, 2.75) is 6.04 Å². The summed E-state index contributed by atoms with van der Waals surface area (Å²) in [7, 11) is 0. The Balaban J connectivity index is 2.11.